The van der Waals surface area contributed by atoms with Crippen molar-refractivity contribution < 1.29 is 13.5 Å². The molecule has 140 valence electrons. The van der Waals surface area contributed by atoms with E-state index in [1.54, 1.807) is 13.2 Å². The summed E-state index contributed by atoms with van der Waals surface area (Å²) in [5, 5.41) is 3.77. The predicted octanol–water partition coefficient (Wildman–Crippen LogP) is 2.63. The van der Waals surface area contributed by atoms with Crippen molar-refractivity contribution >= 4 is 5.69 Å². The normalized spacial score (nSPS) is 25.9. The summed E-state index contributed by atoms with van der Waals surface area (Å²) in [7, 11) is 1.79. The quantitative estimate of drug-likeness (QED) is 0.881. The largest absolute Gasteiger partial charge is 0.378 e. The zero-order valence-electron chi connectivity index (χ0n) is 15.3. The third kappa shape index (κ3) is 4.30. The van der Waals surface area contributed by atoms with E-state index in [4.69, 9.17) is 4.74 Å². The first kappa shape index (κ1) is 18.5. The molecule has 2 heterocycles. The van der Waals surface area contributed by atoms with E-state index in [1.807, 2.05) is 0 Å². The highest BCUT2D eigenvalue weighted by Crippen LogP contribution is 2.23. The molecule has 1 aromatic carbocycles. The van der Waals surface area contributed by atoms with Crippen molar-refractivity contribution in [1.29, 1.82) is 0 Å². The maximum atomic E-state index is 13.4. The average Bonchev–Trinajstić information content (AvgIpc) is 3.01. The van der Waals surface area contributed by atoms with Gasteiger partial charge in [0, 0.05) is 63.2 Å². The van der Waals surface area contributed by atoms with Gasteiger partial charge in [-0.15, -0.1) is 0 Å². The topological polar surface area (TPSA) is 27.7 Å². The van der Waals surface area contributed by atoms with Gasteiger partial charge in [0.25, 0.3) is 0 Å². The highest BCUT2D eigenvalue weighted by Gasteiger charge is 2.35. The van der Waals surface area contributed by atoms with Crippen LogP contribution in [0.1, 0.15) is 26.7 Å². The van der Waals surface area contributed by atoms with Crippen LogP contribution in [-0.2, 0) is 4.74 Å². The molecule has 6 heteroatoms. The van der Waals surface area contributed by atoms with Gasteiger partial charge >= 0.3 is 0 Å². The number of hydrogen-bond donors (Lipinski definition) is 1. The minimum atomic E-state index is -0.790. The van der Waals surface area contributed by atoms with E-state index in [1.165, 1.54) is 12.1 Å². The average molecular weight is 353 g/mol. The number of likely N-dealkylation sites (tertiary alicyclic amines) is 1. The molecule has 3 rings (SSSR count). The number of rotatable bonds is 5. The Labute approximate surface area is 149 Å². The van der Waals surface area contributed by atoms with Crippen molar-refractivity contribution in [3.63, 3.8) is 0 Å². The molecule has 1 aromatic rings. The maximum Gasteiger partial charge on any atom is 0.160 e. The molecule has 4 nitrogen and oxygen atoms in total. The first-order valence-corrected chi connectivity index (χ1v) is 9.21. The third-order valence-electron chi connectivity index (χ3n) is 5.54. The summed E-state index contributed by atoms with van der Waals surface area (Å²) < 4.78 is 32.2. The van der Waals surface area contributed by atoms with Crippen molar-refractivity contribution in [2.45, 2.75) is 50.9 Å². The van der Waals surface area contributed by atoms with Gasteiger partial charge in [-0.1, -0.05) is 0 Å². The Hall–Kier alpha value is -1.24. The lowest BCUT2D eigenvalue weighted by Gasteiger charge is -2.36. The van der Waals surface area contributed by atoms with Crippen LogP contribution >= 0.6 is 0 Å². The van der Waals surface area contributed by atoms with E-state index in [2.05, 4.69) is 29.0 Å². The molecule has 0 aromatic heterocycles. The van der Waals surface area contributed by atoms with Crippen molar-refractivity contribution in [2.24, 2.45) is 0 Å². The SMILES string of the molecule is CO[C@H]1CN(C(C)C)C[C@@H]1NC1CCN(c2ccc(F)c(F)c2)CC1. The molecule has 2 atom stereocenters. The van der Waals surface area contributed by atoms with Crippen LogP contribution in [0.15, 0.2) is 18.2 Å². The van der Waals surface area contributed by atoms with E-state index in [0.717, 1.165) is 44.7 Å². The van der Waals surface area contributed by atoms with Crippen LogP contribution in [-0.4, -0.2) is 62.4 Å². The first-order valence-electron chi connectivity index (χ1n) is 9.21. The van der Waals surface area contributed by atoms with Crippen molar-refractivity contribution in [2.75, 3.05) is 38.2 Å². The van der Waals surface area contributed by atoms with Gasteiger partial charge < -0.3 is 15.0 Å². The van der Waals surface area contributed by atoms with Gasteiger partial charge in [0.05, 0.1) is 6.10 Å². The van der Waals surface area contributed by atoms with E-state index >= 15 is 0 Å². The van der Waals surface area contributed by atoms with Gasteiger partial charge in [-0.3, -0.25) is 4.90 Å². The summed E-state index contributed by atoms with van der Waals surface area (Å²) in [6.07, 6.45) is 2.22. The predicted molar refractivity (Wildman–Crippen MR) is 96.0 cm³/mol. The van der Waals surface area contributed by atoms with Crippen LogP contribution in [0.4, 0.5) is 14.5 Å². The molecule has 0 aliphatic carbocycles. The molecule has 0 spiro atoms. The van der Waals surface area contributed by atoms with E-state index in [-0.39, 0.29) is 6.10 Å². The van der Waals surface area contributed by atoms with Gasteiger partial charge in [-0.05, 0) is 38.8 Å². The number of benzene rings is 1. The molecule has 0 radical (unpaired) electrons. The fourth-order valence-corrected chi connectivity index (χ4v) is 3.91. The number of hydrogen-bond acceptors (Lipinski definition) is 4. The molecular formula is C19H29F2N3O. The Kier molecular flexibility index (Phi) is 5.92. The van der Waals surface area contributed by atoms with Crippen molar-refractivity contribution in [1.82, 2.24) is 10.2 Å². The molecule has 2 saturated heterocycles. The van der Waals surface area contributed by atoms with Gasteiger partial charge in [0.15, 0.2) is 11.6 Å². The number of anilines is 1. The van der Waals surface area contributed by atoms with Crippen molar-refractivity contribution in [3.8, 4) is 0 Å². The molecule has 25 heavy (non-hydrogen) atoms. The molecule has 2 aliphatic rings. The van der Waals surface area contributed by atoms with Crippen LogP contribution in [0, 0.1) is 11.6 Å². The van der Waals surface area contributed by atoms with Crippen LogP contribution in [0.5, 0.6) is 0 Å². The van der Waals surface area contributed by atoms with Crippen LogP contribution in [0.2, 0.25) is 0 Å². The Balaban J connectivity index is 1.53. The Morgan fingerprint density at radius 1 is 1.12 bits per heavy atom. The van der Waals surface area contributed by atoms with Gasteiger partial charge in [-0.2, -0.15) is 0 Å². The van der Waals surface area contributed by atoms with E-state index in [9.17, 15) is 8.78 Å². The lowest BCUT2D eigenvalue weighted by Crippen LogP contribution is -2.50. The molecule has 0 saturated carbocycles. The third-order valence-corrected chi connectivity index (χ3v) is 5.54. The second-order valence-electron chi connectivity index (χ2n) is 7.45. The number of methoxy groups -OCH3 is 1. The molecule has 0 bridgehead atoms. The maximum absolute atomic E-state index is 13.4. The second-order valence-corrected chi connectivity index (χ2v) is 7.45. The summed E-state index contributed by atoms with van der Waals surface area (Å²) in [5.41, 5.74) is 0.763. The zero-order valence-corrected chi connectivity index (χ0v) is 15.3. The first-order chi connectivity index (χ1) is 12.0. The highest BCUT2D eigenvalue weighted by molar-refractivity contribution is 5.47. The van der Waals surface area contributed by atoms with Gasteiger partial charge in [-0.25, -0.2) is 8.78 Å². The Bertz CT molecular complexity index is 576. The lowest BCUT2D eigenvalue weighted by atomic mass is 10.0. The molecule has 2 fully saturated rings. The van der Waals surface area contributed by atoms with Gasteiger partial charge in [0.2, 0.25) is 0 Å². The number of halogens is 2. The Morgan fingerprint density at radius 3 is 2.44 bits per heavy atom. The molecular weight excluding hydrogens is 324 g/mol. The fraction of sp³-hybridized carbons (Fsp3) is 0.684. The van der Waals surface area contributed by atoms with Gasteiger partial charge in [0.1, 0.15) is 0 Å². The number of piperidine rings is 1. The molecule has 0 unspecified atom stereocenters. The summed E-state index contributed by atoms with van der Waals surface area (Å²) in [4.78, 5) is 4.58. The lowest BCUT2D eigenvalue weighted by molar-refractivity contribution is 0.0834. The van der Waals surface area contributed by atoms with Crippen LogP contribution in [0.3, 0.4) is 0 Å². The summed E-state index contributed by atoms with van der Waals surface area (Å²) in [6, 6.07) is 5.48. The number of ether oxygens (including phenoxy) is 1. The fourth-order valence-electron chi connectivity index (χ4n) is 3.91. The molecule has 0 amide bonds. The summed E-state index contributed by atoms with van der Waals surface area (Å²) in [5.74, 6) is -1.57. The van der Waals surface area contributed by atoms with Crippen LogP contribution < -0.4 is 10.2 Å². The zero-order chi connectivity index (χ0) is 18.0. The minimum absolute atomic E-state index is 0.228. The monoisotopic (exact) mass is 353 g/mol. The molecule has 1 N–H and O–H groups in total. The summed E-state index contributed by atoms with van der Waals surface area (Å²) in [6.45, 7) is 8.12. The smallest absolute Gasteiger partial charge is 0.160 e. The van der Waals surface area contributed by atoms with E-state index < -0.39 is 11.6 Å². The Morgan fingerprint density at radius 2 is 1.84 bits per heavy atom. The van der Waals surface area contributed by atoms with Crippen LogP contribution in [0.25, 0.3) is 0 Å². The minimum Gasteiger partial charge on any atom is -0.378 e. The second kappa shape index (κ2) is 7.98. The summed E-state index contributed by atoms with van der Waals surface area (Å²) >= 11 is 0. The van der Waals surface area contributed by atoms with Crippen molar-refractivity contribution in [3.05, 3.63) is 29.8 Å². The highest BCUT2D eigenvalue weighted by atomic mass is 19.2. The van der Waals surface area contributed by atoms with E-state index in [0.29, 0.717) is 18.1 Å². The number of nitrogens with zero attached hydrogens (tertiary/aromatic N) is 2. The standard InChI is InChI=1S/C19H29F2N3O/c1-13(2)24-11-18(19(12-24)25-3)22-14-6-8-23(9-7-14)15-4-5-16(20)17(21)10-15/h4-5,10,13-14,18-19,22H,6-9,11-12H2,1-3H3/t18-,19-/m0/s1. The molecule has 2 aliphatic heterocycles. The number of nitrogens with one attached hydrogen (secondary N) is 1.